The van der Waals surface area contributed by atoms with Crippen molar-refractivity contribution in [1.82, 2.24) is 0 Å². The van der Waals surface area contributed by atoms with Gasteiger partial charge in [-0.3, -0.25) is 4.79 Å². The quantitative estimate of drug-likeness (QED) is 0.882. The van der Waals surface area contributed by atoms with Crippen molar-refractivity contribution >= 4 is 34.8 Å². The lowest BCUT2D eigenvalue weighted by molar-refractivity contribution is -0.900. The highest BCUT2D eigenvalue weighted by molar-refractivity contribution is 6.39. The summed E-state index contributed by atoms with van der Waals surface area (Å²) in [4.78, 5) is 13.4. The Balaban J connectivity index is 1.94. The largest absolute Gasteiger partial charge is 0.327 e. The maximum atomic E-state index is 12.0. The first-order valence-electron chi connectivity index (χ1n) is 6.63. The smallest absolute Gasteiger partial charge is 0.279 e. The maximum Gasteiger partial charge on any atom is 0.279 e. The maximum absolute atomic E-state index is 12.0. The number of quaternary nitrogens is 1. The van der Waals surface area contributed by atoms with E-state index in [0.717, 1.165) is 13.1 Å². The minimum Gasteiger partial charge on any atom is -0.327 e. The Morgan fingerprint density at radius 3 is 2.74 bits per heavy atom. The van der Waals surface area contributed by atoms with E-state index < -0.39 is 0 Å². The summed E-state index contributed by atoms with van der Waals surface area (Å²) < 4.78 is 0. The number of benzene rings is 1. The standard InChI is InChI=1S/C14H18Cl2N2O/c1-10-4-3-7-18(8-10)9-13(19)17-14-11(15)5-2-6-12(14)16/h2,5-6,10H,3-4,7-9H2,1H3,(H,17,19)/p+1/t10-/m1/s1. The third kappa shape index (κ3) is 4.10. The number of amides is 1. The van der Waals surface area contributed by atoms with Gasteiger partial charge in [-0.15, -0.1) is 0 Å². The molecular weight excluding hydrogens is 283 g/mol. The molecule has 2 atom stereocenters. The number of hydrogen-bond donors (Lipinski definition) is 2. The monoisotopic (exact) mass is 301 g/mol. The molecule has 1 saturated heterocycles. The molecule has 0 aliphatic carbocycles. The molecule has 0 bridgehead atoms. The van der Waals surface area contributed by atoms with Crippen molar-refractivity contribution in [2.45, 2.75) is 19.8 Å². The molecule has 0 spiro atoms. The molecule has 1 aliphatic rings. The number of likely N-dealkylation sites (tertiary alicyclic amines) is 1. The summed E-state index contributed by atoms with van der Waals surface area (Å²) in [6, 6.07) is 5.20. The number of anilines is 1. The molecule has 3 nitrogen and oxygen atoms in total. The molecular formula is C14H19Cl2N2O+. The van der Waals surface area contributed by atoms with Crippen molar-refractivity contribution in [2.24, 2.45) is 5.92 Å². The average molecular weight is 302 g/mol. The number of rotatable bonds is 3. The SMILES string of the molecule is C[C@@H]1CCC[NH+](CC(=O)Nc2c(Cl)cccc2Cl)C1. The van der Waals surface area contributed by atoms with Gasteiger partial charge in [0.2, 0.25) is 0 Å². The summed E-state index contributed by atoms with van der Waals surface area (Å²) >= 11 is 12.1. The molecule has 2 N–H and O–H groups in total. The van der Waals surface area contributed by atoms with Crippen LogP contribution in [0.3, 0.4) is 0 Å². The number of halogens is 2. The van der Waals surface area contributed by atoms with Gasteiger partial charge in [0.1, 0.15) is 0 Å². The van der Waals surface area contributed by atoms with Gasteiger partial charge in [-0.05, 0) is 25.0 Å². The van der Waals surface area contributed by atoms with Gasteiger partial charge in [0.25, 0.3) is 5.91 Å². The van der Waals surface area contributed by atoms with Crippen LogP contribution in [0.25, 0.3) is 0 Å². The van der Waals surface area contributed by atoms with Crippen LogP contribution in [0.4, 0.5) is 5.69 Å². The summed E-state index contributed by atoms with van der Waals surface area (Å²) in [6.45, 7) is 4.84. The number of para-hydroxylation sites is 1. The van der Waals surface area contributed by atoms with E-state index in [1.165, 1.54) is 17.7 Å². The van der Waals surface area contributed by atoms with Gasteiger partial charge < -0.3 is 10.2 Å². The minimum atomic E-state index is -0.0286. The van der Waals surface area contributed by atoms with Crippen molar-refractivity contribution in [1.29, 1.82) is 0 Å². The summed E-state index contributed by atoms with van der Waals surface area (Å²) in [5.74, 6) is 0.666. The van der Waals surface area contributed by atoms with E-state index in [1.54, 1.807) is 18.2 Å². The van der Waals surface area contributed by atoms with Crippen molar-refractivity contribution in [3.8, 4) is 0 Å². The van der Waals surface area contributed by atoms with Crippen molar-refractivity contribution in [2.75, 3.05) is 25.0 Å². The topological polar surface area (TPSA) is 33.5 Å². The van der Waals surface area contributed by atoms with Gasteiger partial charge in [0.05, 0.1) is 28.8 Å². The Morgan fingerprint density at radius 2 is 2.11 bits per heavy atom. The molecule has 0 aromatic heterocycles. The molecule has 1 aromatic carbocycles. The zero-order chi connectivity index (χ0) is 13.8. The molecule has 2 rings (SSSR count). The van der Waals surface area contributed by atoms with Crippen LogP contribution < -0.4 is 10.2 Å². The lowest BCUT2D eigenvalue weighted by atomic mass is 10.0. The second-order valence-electron chi connectivity index (χ2n) is 5.27. The highest BCUT2D eigenvalue weighted by atomic mass is 35.5. The molecule has 5 heteroatoms. The molecule has 1 amide bonds. The Bertz CT molecular complexity index is 445. The van der Waals surface area contributed by atoms with Crippen LogP contribution in [0.2, 0.25) is 10.0 Å². The summed E-state index contributed by atoms with van der Waals surface area (Å²) in [5.41, 5.74) is 0.514. The highest BCUT2D eigenvalue weighted by Crippen LogP contribution is 2.29. The fraction of sp³-hybridized carbons (Fsp3) is 0.500. The van der Waals surface area contributed by atoms with Gasteiger partial charge in [0, 0.05) is 5.92 Å². The molecule has 1 aromatic rings. The zero-order valence-corrected chi connectivity index (χ0v) is 12.5. The predicted molar refractivity (Wildman–Crippen MR) is 79.1 cm³/mol. The average Bonchev–Trinajstić information content (AvgIpc) is 2.34. The summed E-state index contributed by atoms with van der Waals surface area (Å²) in [7, 11) is 0. The van der Waals surface area contributed by atoms with E-state index in [-0.39, 0.29) is 5.91 Å². The first-order chi connectivity index (χ1) is 9.06. The normalized spacial score (nSPS) is 23.1. The van der Waals surface area contributed by atoms with Gasteiger partial charge in [-0.1, -0.05) is 36.2 Å². The first-order valence-corrected chi connectivity index (χ1v) is 7.39. The summed E-state index contributed by atoms with van der Waals surface area (Å²) in [6.07, 6.45) is 2.46. The molecule has 1 heterocycles. The third-order valence-corrected chi connectivity index (χ3v) is 4.13. The Kier molecular flexibility index (Phi) is 5.08. The predicted octanol–water partition coefficient (Wildman–Crippen LogP) is 2.25. The fourth-order valence-corrected chi connectivity index (χ4v) is 3.08. The van der Waals surface area contributed by atoms with Crippen molar-refractivity contribution in [3.05, 3.63) is 28.2 Å². The Labute approximate surface area is 123 Å². The third-order valence-electron chi connectivity index (χ3n) is 3.50. The molecule has 19 heavy (non-hydrogen) atoms. The molecule has 0 saturated carbocycles. The van der Waals surface area contributed by atoms with Crippen LogP contribution in [-0.4, -0.2) is 25.5 Å². The van der Waals surface area contributed by atoms with E-state index in [9.17, 15) is 4.79 Å². The lowest BCUT2D eigenvalue weighted by Crippen LogP contribution is -3.14. The molecule has 0 radical (unpaired) electrons. The van der Waals surface area contributed by atoms with E-state index in [4.69, 9.17) is 23.2 Å². The number of hydrogen-bond acceptors (Lipinski definition) is 1. The van der Waals surface area contributed by atoms with Crippen LogP contribution in [0, 0.1) is 5.92 Å². The van der Waals surface area contributed by atoms with Crippen LogP contribution in [0.1, 0.15) is 19.8 Å². The van der Waals surface area contributed by atoms with Crippen molar-refractivity contribution < 1.29 is 9.69 Å². The van der Waals surface area contributed by atoms with Crippen LogP contribution in [0.15, 0.2) is 18.2 Å². The van der Waals surface area contributed by atoms with Gasteiger partial charge >= 0.3 is 0 Å². The van der Waals surface area contributed by atoms with Crippen LogP contribution in [0.5, 0.6) is 0 Å². The first kappa shape index (κ1) is 14.6. The van der Waals surface area contributed by atoms with Gasteiger partial charge in [-0.2, -0.15) is 0 Å². The van der Waals surface area contributed by atoms with Gasteiger partial charge in [-0.25, -0.2) is 0 Å². The van der Waals surface area contributed by atoms with Crippen LogP contribution in [-0.2, 0) is 4.79 Å². The fourth-order valence-electron chi connectivity index (χ4n) is 2.59. The molecule has 104 valence electrons. The number of piperidine rings is 1. The Hall–Kier alpha value is -0.770. The van der Waals surface area contributed by atoms with Gasteiger partial charge in [0.15, 0.2) is 6.54 Å². The Morgan fingerprint density at radius 1 is 1.42 bits per heavy atom. The van der Waals surface area contributed by atoms with E-state index in [0.29, 0.717) is 28.2 Å². The number of nitrogens with one attached hydrogen (secondary N) is 2. The number of carbonyl (C=O) groups is 1. The lowest BCUT2D eigenvalue weighted by Gasteiger charge is -2.27. The van der Waals surface area contributed by atoms with E-state index in [2.05, 4.69) is 12.2 Å². The second kappa shape index (κ2) is 6.60. The molecule has 1 fully saturated rings. The molecule has 1 unspecified atom stereocenters. The zero-order valence-electron chi connectivity index (χ0n) is 11.0. The van der Waals surface area contributed by atoms with Crippen molar-refractivity contribution in [3.63, 3.8) is 0 Å². The summed E-state index contributed by atoms with van der Waals surface area (Å²) in [5, 5.41) is 3.77. The highest BCUT2D eigenvalue weighted by Gasteiger charge is 2.22. The van der Waals surface area contributed by atoms with E-state index in [1.807, 2.05) is 0 Å². The molecule has 1 aliphatic heterocycles. The van der Waals surface area contributed by atoms with Crippen LogP contribution >= 0.6 is 23.2 Å². The second-order valence-corrected chi connectivity index (χ2v) is 6.09. The van der Waals surface area contributed by atoms with E-state index >= 15 is 0 Å². The number of carbonyl (C=O) groups excluding carboxylic acids is 1. The minimum absolute atomic E-state index is 0.0286.